The van der Waals surface area contributed by atoms with Gasteiger partial charge in [-0.3, -0.25) is 4.79 Å². The SMILES string of the molecule is CCCCCCCCC=CCCCCCCCC(=O)NC1CCCC[C@@H]1N. The van der Waals surface area contributed by atoms with Crippen molar-refractivity contribution >= 4 is 5.91 Å². The molecule has 1 rings (SSSR count). The summed E-state index contributed by atoms with van der Waals surface area (Å²) in [6.45, 7) is 2.27. The van der Waals surface area contributed by atoms with Crippen LogP contribution in [0.25, 0.3) is 0 Å². The minimum absolute atomic E-state index is 0.164. The second-order valence-electron chi connectivity index (χ2n) is 8.46. The zero-order chi connectivity index (χ0) is 19.6. The van der Waals surface area contributed by atoms with Crippen LogP contribution in [0.3, 0.4) is 0 Å². The number of allylic oxidation sites excluding steroid dienone is 2. The Morgan fingerprint density at radius 3 is 2.04 bits per heavy atom. The topological polar surface area (TPSA) is 55.1 Å². The van der Waals surface area contributed by atoms with Crippen molar-refractivity contribution in [1.29, 1.82) is 0 Å². The molecule has 0 spiro atoms. The Bertz CT molecular complexity index is 381. The van der Waals surface area contributed by atoms with E-state index in [0.29, 0.717) is 6.42 Å². The summed E-state index contributed by atoms with van der Waals surface area (Å²) in [6.07, 6.45) is 26.7. The molecule has 1 saturated carbocycles. The van der Waals surface area contributed by atoms with Gasteiger partial charge in [-0.25, -0.2) is 0 Å². The lowest BCUT2D eigenvalue weighted by Gasteiger charge is -2.29. The Hall–Kier alpha value is -0.830. The summed E-state index contributed by atoms with van der Waals surface area (Å²) in [5, 5.41) is 3.15. The van der Waals surface area contributed by atoms with Gasteiger partial charge in [0, 0.05) is 18.5 Å². The molecule has 158 valence electrons. The summed E-state index contributed by atoms with van der Waals surface area (Å²) in [7, 11) is 0. The molecule has 1 unspecified atom stereocenters. The number of hydrogen-bond acceptors (Lipinski definition) is 2. The summed E-state index contributed by atoms with van der Waals surface area (Å²) in [5.74, 6) is 0.204. The second kappa shape index (κ2) is 17.3. The van der Waals surface area contributed by atoms with Crippen LogP contribution in [0.15, 0.2) is 12.2 Å². The number of nitrogens with two attached hydrogens (primary N) is 1. The molecular formula is C24H46N2O. The Morgan fingerprint density at radius 2 is 1.41 bits per heavy atom. The second-order valence-corrected chi connectivity index (χ2v) is 8.46. The van der Waals surface area contributed by atoms with E-state index in [9.17, 15) is 4.79 Å². The molecule has 0 aromatic heterocycles. The molecular weight excluding hydrogens is 332 g/mol. The van der Waals surface area contributed by atoms with Crippen molar-refractivity contribution in [3.8, 4) is 0 Å². The van der Waals surface area contributed by atoms with E-state index < -0.39 is 0 Å². The van der Waals surface area contributed by atoms with Crippen LogP contribution < -0.4 is 11.1 Å². The molecule has 3 heteroatoms. The van der Waals surface area contributed by atoms with E-state index >= 15 is 0 Å². The summed E-state index contributed by atoms with van der Waals surface area (Å²) in [6, 6.07) is 0.381. The van der Waals surface area contributed by atoms with E-state index in [2.05, 4.69) is 24.4 Å². The smallest absolute Gasteiger partial charge is 0.220 e. The van der Waals surface area contributed by atoms with Gasteiger partial charge in [0.2, 0.25) is 5.91 Å². The molecule has 0 heterocycles. The van der Waals surface area contributed by atoms with E-state index in [1.54, 1.807) is 0 Å². The first-order valence-electron chi connectivity index (χ1n) is 11.9. The third-order valence-electron chi connectivity index (χ3n) is 5.83. The first kappa shape index (κ1) is 24.2. The molecule has 0 aromatic rings. The third-order valence-corrected chi connectivity index (χ3v) is 5.83. The Kier molecular flexibility index (Phi) is 15.5. The number of carbonyl (C=O) groups excluding carboxylic acids is 1. The number of unbranched alkanes of at least 4 members (excludes halogenated alkanes) is 11. The minimum atomic E-state index is 0.164. The quantitative estimate of drug-likeness (QED) is 0.241. The average Bonchev–Trinajstić information content (AvgIpc) is 2.66. The normalized spacial score (nSPS) is 20.2. The summed E-state index contributed by atoms with van der Waals surface area (Å²) in [5.41, 5.74) is 6.09. The van der Waals surface area contributed by atoms with Gasteiger partial charge in [0.25, 0.3) is 0 Å². The van der Waals surface area contributed by atoms with Crippen LogP contribution in [0, 0.1) is 0 Å². The third kappa shape index (κ3) is 13.9. The van der Waals surface area contributed by atoms with E-state index in [1.165, 1.54) is 89.9 Å². The molecule has 1 aliphatic carbocycles. The zero-order valence-corrected chi connectivity index (χ0v) is 18.0. The maximum atomic E-state index is 12.0. The van der Waals surface area contributed by atoms with Gasteiger partial charge in [-0.1, -0.05) is 83.3 Å². The van der Waals surface area contributed by atoms with Gasteiger partial charge in [0.15, 0.2) is 0 Å². The van der Waals surface area contributed by atoms with E-state index in [-0.39, 0.29) is 18.0 Å². The predicted molar refractivity (Wildman–Crippen MR) is 118 cm³/mol. The monoisotopic (exact) mass is 378 g/mol. The highest BCUT2D eigenvalue weighted by Crippen LogP contribution is 2.17. The molecule has 2 atom stereocenters. The summed E-state index contributed by atoms with van der Waals surface area (Å²) in [4.78, 5) is 12.0. The molecule has 0 aromatic carbocycles. The molecule has 0 bridgehead atoms. The van der Waals surface area contributed by atoms with Gasteiger partial charge in [-0.05, 0) is 44.9 Å². The van der Waals surface area contributed by atoms with Crippen LogP contribution in [0.2, 0.25) is 0 Å². The Labute approximate surface area is 168 Å². The molecule has 0 radical (unpaired) electrons. The molecule has 0 saturated heterocycles. The van der Waals surface area contributed by atoms with Crippen LogP contribution in [0.1, 0.15) is 122 Å². The molecule has 3 N–H and O–H groups in total. The van der Waals surface area contributed by atoms with Gasteiger partial charge < -0.3 is 11.1 Å². The number of amides is 1. The van der Waals surface area contributed by atoms with Crippen LogP contribution in [-0.4, -0.2) is 18.0 Å². The fourth-order valence-corrected chi connectivity index (χ4v) is 3.97. The van der Waals surface area contributed by atoms with Crippen molar-refractivity contribution in [3.05, 3.63) is 12.2 Å². The minimum Gasteiger partial charge on any atom is -0.352 e. The van der Waals surface area contributed by atoms with E-state index in [1.807, 2.05) is 0 Å². The van der Waals surface area contributed by atoms with Gasteiger partial charge >= 0.3 is 0 Å². The molecule has 27 heavy (non-hydrogen) atoms. The highest BCUT2D eigenvalue weighted by atomic mass is 16.1. The van der Waals surface area contributed by atoms with Crippen molar-refractivity contribution in [1.82, 2.24) is 5.32 Å². The van der Waals surface area contributed by atoms with Crippen LogP contribution >= 0.6 is 0 Å². The van der Waals surface area contributed by atoms with Crippen molar-refractivity contribution in [3.63, 3.8) is 0 Å². The summed E-state index contributed by atoms with van der Waals surface area (Å²) >= 11 is 0. The average molecular weight is 379 g/mol. The van der Waals surface area contributed by atoms with Crippen molar-refractivity contribution in [2.24, 2.45) is 5.73 Å². The first-order chi connectivity index (χ1) is 13.2. The fourth-order valence-electron chi connectivity index (χ4n) is 3.97. The first-order valence-corrected chi connectivity index (χ1v) is 11.9. The van der Waals surface area contributed by atoms with Crippen LogP contribution in [0.4, 0.5) is 0 Å². The number of nitrogens with one attached hydrogen (secondary N) is 1. The lowest BCUT2D eigenvalue weighted by atomic mass is 9.91. The molecule has 1 amide bonds. The van der Waals surface area contributed by atoms with Crippen molar-refractivity contribution in [2.45, 2.75) is 135 Å². The van der Waals surface area contributed by atoms with Crippen LogP contribution in [0.5, 0.6) is 0 Å². The Morgan fingerprint density at radius 1 is 0.852 bits per heavy atom. The fraction of sp³-hybridized carbons (Fsp3) is 0.875. The standard InChI is InChI=1S/C24H46N2O/c1-2-3-4-5-6-7-8-9-10-11-12-13-14-15-16-21-24(27)26-23-20-18-17-19-22(23)25/h9-10,22-23H,2-8,11-21,25H2,1H3,(H,26,27)/t22-,23?/m0/s1. The lowest BCUT2D eigenvalue weighted by molar-refractivity contribution is -0.122. The summed E-state index contributed by atoms with van der Waals surface area (Å²) < 4.78 is 0. The number of hydrogen-bond donors (Lipinski definition) is 2. The maximum Gasteiger partial charge on any atom is 0.220 e. The Balaban J connectivity index is 1.83. The van der Waals surface area contributed by atoms with Crippen LogP contribution in [-0.2, 0) is 4.79 Å². The molecule has 1 fully saturated rings. The largest absolute Gasteiger partial charge is 0.352 e. The van der Waals surface area contributed by atoms with E-state index in [0.717, 1.165) is 19.3 Å². The van der Waals surface area contributed by atoms with Gasteiger partial charge in [0.05, 0.1) is 0 Å². The van der Waals surface area contributed by atoms with Gasteiger partial charge in [0.1, 0.15) is 0 Å². The highest BCUT2D eigenvalue weighted by molar-refractivity contribution is 5.76. The number of rotatable bonds is 16. The van der Waals surface area contributed by atoms with Gasteiger partial charge in [-0.2, -0.15) is 0 Å². The maximum absolute atomic E-state index is 12.0. The molecule has 1 aliphatic rings. The lowest BCUT2D eigenvalue weighted by Crippen LogP contribution is -2.49. The molecule has 0 aliphatic heterocycles. The van der Waals surface area contributed by atoms with Crippen molar-refractivity contribution < 1.29 is 4.79 Å². The number of carbonyl (C=O) groups is 1. The van der Waals surface area contributed by atoms with Gasteiger partial charge in [-0.15, -0.1) is 0 Å². The highest BCUT2D eigenvalue weighted by Gasteiger charge is 2.22. The molecule has 3 nitrogen and oxygen atoms in total. The van der Waals surface area contributed by atoms with E-state index in [4.69, 9.17) is 5.73 Å². The predicted octanol–water partition coefficient (Wildman–Crippen LogP) is 6.41. The van der Waals surface area contributed by atoms with Crippen molar-refractivity contribution in [2.75, 3.05) is 0 Å². The zero-order valence-electron chi connectivity index (χ0n) is 18.0.